The minimum absolute atomic E-state index is 0.115. The molecular weight excluding hydrogens is 370 g/mol. The second-order valence-corrected chi connectivity index (χ2v) is 6.19. The summed E-state index contributed by atoms with van der Waals surface area (Å²) in [5, 5.41) is 2.94. The summed E-state index contributed by atoms with van der Waals surface area (Å²) in [6.07, 6.45) is 0. The van der Waals surface area contributed by atoms with Gasteiger partial charge in [-0.15, -0.1) is 0 Å². The average molecular weight is 383 g/mol. The monoisotopic (exact) mass is 381 g/mol. The van der Waals surface area contributed by atoms with E-state index >= 15 is 0 Å². The van der Waals surface area contributed by atoms with E-state index in [1.54, 1.807) is 12.1 Å². The first-order chi connectivity index (χ1) is 8.97. The van der Waals surface area contributed by atoms with Crippen molar-refractivity contribution in [1.82, 2.24) is 0 Å². The van der Waals surface area contributed by atoms with Crippen LogP contribution in [0.15, 0.2) is 45.3 Å². The second kappa shape index (κ2) is 5.88. The third-order valence-electron chi connectivity index (χ3n) is 2.98. The molecule has 0 saturated carbocycles. The van der Waals surface area contributed by atoms with Crippen LogP contribution < -0.4 is 5.32 Å². The number of anilines is 1. The standard InChI is InChI=1S/C15H13Br2NO/c1-9-4-3-5-14(10(9)2)18-15(19)11-6-12(16)8-13(17)7-11/h3-8H,1-2H3,(H,18,19). The molecule has 0 bridgehead atoms. The van der Waals surface area contributed by atoms with Gasteiger partial charge >= 0.3 is 0 Å². The van der Waals surface area contributed by atoms with Gasteiger partial charge in [-0.05, 0) is 49.2 Å². The molecule has 0 heterocycles. The van der Waals surface area contributed by atoms with E-state index < -0.39 is 0 Å². The lowest BCUT2D eigenvalue weighted by Crippen LogP contribution is -2.13. The lowest BCUT2D eigenvalue weighted by atomic mass is 10.1. The molecule has 0 fully saturated rings. The second-order valence-electron chi connectivity index (χ2n) is 4.36. The highest BCUT2D eigenvalue weighted by Crippen LogP contribution is 2.22. The van der Waals surface area contributed by atoms with Crippen molar-refractivity contribution in [2.45, 2.75) is 13.8 Å². The molecule has 0 saturated heterocycles. The molecule has 0 radical (unpaired) electrons. The zero-order valence-corrected chi connectivity index (χ0v) is 13.8. The van der Waals surface area contributed by atoms with Gasteiger partial charge in [-0.1, -0.05) is 44.0 Å². The van der Waals surface area contributed by atoms with Crippen LogP contribution in [-0.2, 0) is 0 Å². The van der Waals surface area contributed by atoms with E-state index in [0.717, 1.165) is 25.8 Å². The van der Waals surface area contributed by atoms with Crippen molar-refractivity contribution in [3.05, 3.63) is 62.0 Å². The number of nitrogens with one attached hydrogen (secondary N) is 1. The van der Waals surface area contributed by atoms with Crippen molar-refractivity contribution >= 4 is 43.5 Å². The molecule has 0 atom stereocenters. The van der Waals surface area contributed by atoms with Crippen molar-refractivity contribution in [2.24, 2.45) is 0 Å². The summed E-state index contributed by atoms with van der Waals surface area (Å²) in [6, 6.07) is 11.4. The molecule has 0 aromatic heterocycles. The molecule has 1 amide bonds. The lowest BCUT2D eigenvalue weighted by Gasteiger charge is -2.10. The van der Waals surface area contributed by atoms with Crippen LogP contribution in [0.3, 0.4) is 0 Å². The highest BCUT2D eigenvalue weighted by Gasteiger charge is 2.09. The minimum Gasteiger partial charge on any atom is -0.322 e. The summed E-state index contributed by atoms with van der Waals surface area (Å²) in [5.41, 5.74) is 3.71. The number of carbonyl (C=O) groups is 1. The summed E-state index contributed by atoms with van der Waals surface area (Å²) in [7, 11) is 0. The van der Waals surface area contributed by atoms with E-state index in [9.17, 15) is 4.79 Å². The van der Waals surface area contributed by atoms with Gasteiger partial charge in [-0.2, -0.15) is 0 Å². The molecule has 0 aliphatic rings. The van der Waals surface area contributed by atoms with Crippen LogP contribution in [0.4, 0.5) is 5.69 Å². The summed E-state index contributed by atoms with van der Waals surface area (Å²) < 4.78 is 1.74. The predicted molar refractivity (Wildman–Crippen MR) is 85.7 cm³/mol. The van der Waals surface area contributed by atoms with Gasteiger partial charge in [0.25, 0.3) is 5.91 Å². The Morgan fingerprint density at radius 1 is 1.05 bits per heavy atom. The van der Waals surface area contributed by atoms with Crippen molar-refractivity contribution in [2.75, 3.05) is 5.32 Å². The van der Waals surface area contributed by atoms with Crippen LogP contribution in [0.1, 0.15) is 21.5 Å². The zero-order chi connectivity index (χ0) is 14.0. The molecular formula is C15H13Br2NO. The molecule has 1 N–H and O–H groups in total. The maximum atomic E-state index is 12.2. The summed E-state index contributed by atoms with van der Waals surface area (Å²) in [5.74, 6) is -0.115. The Hall–Kier alpha value is -1.13. The van der Waals surface area contributed by atoms with Crippen LogP contribution in [0, 0.1) is 13.8 Å². The van der Waals surface area contributed by atoms with Gasteiger partial charge in [-0.25, -0.2) is 0 Å². The Balaban J connectivity index is 2.28. The molecule has 19 heavy (non-hydrogen) atoms. The fourth-order valence-corrected chi connectivity index (χ4v) is 3.06. The Morgan fingerprint density at radius 3 is 2.32 bits per heavy atom. The number of hydrogen-bond donors (Lipinski definition) is 1. The largest absolute Gasteiger partial charge is 0.322 e. The molecule has 2 aromatic rings. The Labute approximate surface area is 129 Å². The van der Waals surface area contributed by atoms with Crippen LogP contribution in [0.25, 0.3) is 0 Å². The third-order valence-corrected chi connectivity index (χ3v) is 3.89. The third kappa shape index (κ3) is 3.45. The fraction of sp³-hybridized carbons (Fsp3) is 0.133. The average Bonchev–Trinajstić information content (AvgIpc) is 2.33. The summed E-state index contributed by atoms with van der Waals surface area (Å²) >= 11 is 6.77. The number of aryl methyl sites for hydroxylation is 1. The van der Waals surface area contributed by atoms with Gasteiger partial charge in [0.15, 0.2) is 0 Å². The predicted octanol–water partition coefficient (Wildman–Crippen LogP) is 5.08. The van der Waals surface area contributed by atoms with Gasteiger partial charge in [0.2, 0.25) is 0 Å². The van der Waals surface area contributed by atoms with Gasteiger partial charge in [0.1, 0.15) is 0 Å². The molecule has 0 aliphatic carbocycles. The molecule has 0 spiro atoms. The molecule has 0 unspecified atom stereocenters. The molecule has 98 valence electrons. The number of halogens is 2. The van der Waals surface area contributed by atoms with Crippen LogP contribution in [0.2, 0.25) is 0 Å². The molecule has 2 nitrogen and oxygen atoms in total. The number of benzene rings is 2. The Bertz CT molecular complexity index is 618. The van der Waals surface area contributed by atoms with Crippen molar-refractivity contribution in [3.63, 3.8) is 0 Å². The van der Waals surface area contributed by atoms with Crippen molar-refractivity contribution in [1.29, 1.82) is 0 Å². The number of hydrogen-bond acceptors (Lipinski definition) is 1. The Morgan fingerprint density at radius 2 is 1.68 bits per heavy atom. The summed E-state index contributed by atoms with van der Waals surface area (Å²) in [6.45, 7) is 4.03. The molecule has 2 aromatic carbocycles. The van der Waals surface area contributed by atoms with Crippen LogP contribution in [0.5, 0.6) is 0 Å². The number of carbonyl (C=O) groups excluding carboxylic acids is 1. The first-order valence-electron chi connectivity index (χ1n) is 5.81. The lowest BCUT2D eigenvalue weighted by molar-refractivity contribution is 0.102. The fourth-order valence-electron chi connectivity index (χ4n) is 1.77. The van der Waals surface area contributed by atoms with Crippen LogP contribution in [-0.4, -0.2) is 5.91 Å². The maximum Gasteiger partial charge on any atom is 0.255 e. The van der Waals surface area contributed by atoms with E-state index in [4.69, 9.17) is 0 Å². The molecule has 4 heteroatoms. The normalized spacial score (nSPS) is 10.3. The minimum atomic E-state index is -0.115. The maximum absolute atomic E-state index is 12.2. The van der Waals surface area contributed by atoms with E-state index in [1.165, 1.54) is 0 Å². The van der Waals surface area contributed by atoms with Gasteiger partial charge in [0.05, 0.1) is 0 Å². The number of amides is 1. The van der Waals surface area contributed by atoms with E-state index in [2.05, 4.69) is 37.2 Å². The first-order valence-corrected chi connectivity index (χ1v) is 7.39. The Kier molecular flexibility index (Phi) is 4.42. The quantitative estimate of drug-likeness (QED) is 0.770. The van der Waals surface area contributed by atoms with Gasteiger partial charge < -0.3 is 5.32 Å². The van der Waals surface area contributed by atoms with Crippen molar-refractivity contribution < 1.29 is 4.79 Å². The molecule has 2 rings (SSSR count). The molecule has 0 aliphatic heterocycles. The van der Waals surface area contributed by atoms with Crippen molar-refractivity contribution in [3.8, 4) is 0 Å². The number of rotatable bonds is 2. The topological polar surface area (TPSA) is 29.1 Å². The van der Waals surface area contributed by atoms with Crippen LogP contribution >= 0.6 is 31.9 Å². The SMILES string of the molecule is Cc1cccc(NC(=O)c2cc(Br)cc(Br)c2)c1C. The van der Waals surface area contributed by atoms with Gasteiger partial charge in [0, 0.05) is 20.2 Å². The highest BCUT2D eigenvalue weighted by atomic mass is 79.9. The smallest absolute Gasteiger partial charge is 0.255 e. The van der Waals surface area contributed by atoms with Gasteiger partial charge in [-0.3, -0.25) is 4.79 Å². The highest BCUT2D eigenvalue weighted by molar-refractivity contribution is 9.11. The van der Waals surface area contributed by atoms with E-state index in [-0.39, 0.29) is 5.91 Å². The zero-order valence-electron chi connectivity index (χ0n) is 10.6. The van der Waals surface area contributed by atoms with E-state index in [0.29, 0.717) is 5.56 Å². The summed E-state index contributed by atoms with van der Waals surface area (Å²) in [4.78, 5) is 12.2. The van der Waals surface area contributed by atoms with E-state index in [1.807, 2.05) is 38.1 Å². The first kappa shape index (κ1) is 14.3.